The topological polar surface area (TPSA) is 102 Å². The molecule has 2 N–H and O–H groups in total. The van der Waals surface area contributed by atoms with E-state index in [-0.39, 0.29) is 28.4 Å². The molecule has 0 aliphatic carbocycles. The number of esters is 1. The fourth-order valence-electron chi connectivity index (χ4n) is 3.51. The van der Waals surface area contributed by atoms with E-state index >= 15 is 0 Å². The number of carbonyl (C=O) groups excluding carboxylic acids is 1. The molecule has 0 saturated heterocycles. The van der Waals surface area contributed by atoms with Crippen molar-refractivity contribution in [3.05, 3.63) is 46.5 Å². The van der Waals surface area contributed by atoms with Crippen molar-refractivity contribution in [3.8, 4) is 23.0 Å². The fraction of sp³-hybridized carbons (Fsp3) is 0.417. The van der Waals surface area contributed by atoms with Crippen molar-refractivity contribution in [3.63, 3.8) is 0 Å². The van der Waals surface area contributed by atoms with Gasteiger partial charge in [-0.3, -0.25) is 0 Å². The van der Waals surface area contributed by atoms with E-state index in [0.29, 0.717) is 36.1 Å². The molecule has 0 amide bonds. The molecule has 0 aromatic heterocycles. The van der Waals surface area contributed by atoms with Gasteiger partial charge in [-0.05, 0) is 42.5 Å². The zero-order valence-electron chi connectivity index (χ0n) is 18.5. The van der Waals surface area contributed by atoms with Gasteiger partial charge in [0.1, 0.15) is 34.1 Å². The first-order valence-corrected chi connectivity index (χ1v) is 10.4. The number of phenolic OH excluding ortho intramolecular Hbond substituents is 1. The molecular formula is C24H30O7. The highest BCUT2D eigenvalue weighted by Crippen LogP contribution is 2.33. The number of hydrogen-bond acceptors (Lipinski definition) is 6. The molecule has 0 atom stereocenters. The Labute approximate surface area is 182 Å². The molecule has 7 heteroatoms. The van der Waals surface area contributed by atoms with Gasteiger partial charge in [0.05, 0.1) is 14.2 Å². The summed E-state index contributed by atoms with van der Waals surface area (Å²) >= 11 is 0. The normalized spacial score (nSPS) is 10.6. The molecule has 0 radical (unpaired) electrons. The van der Waals surface area contributed by atoms with Crippen molar-refractivity contribution in [2.24, 2.45) is 0 Å². The van der Waals surface area contributed by atoms with Crippen LogP contribution in [0.25, 0.3) is 0 Å². The van der Waals surface area contributed by atoms with Gasteiger partial charge < -0.3 is 24.4 Å². The van der Waals surface area contributed by atoms with Gasteiger partial charge in [-0.1, -0.05) is 33.1 Å². The molecule has 0 spiro atoms. The first kappa shape index (κ1) is 24.1. The van der Waals surface area contributed by atoms with E-state index in [1.807, 2.05) is 6.92 Å². The third-order valence-electron chi connectivity index (χ3n) is 4.98. The van der Waals surface area contributed by atoms with Crippen LogP contribution in [0, 0.1) is 0 Å². The Morgan fingerprint density at radius 3 is 2.10 bits per heavy atom. The number of aromatic hydroxyl groups is 1. The summed E-state index contributed by atoms with van der Waals surface area (Å²) in [5, 5.41) is 20.0. The van der Waals surface area contributed by atoms with Crippen LogP contribution in [0.15, 0.2) is 24.3 Å². The predicted molar refractivity (Wildman–Crippen MR) is 117 cm³/mol. The van der Waals surface area contributed by atoms with Gasteiger partial charge in [0.25, 0.3) is 0 Å². The van der Waals surface area contributed by atoms with Gasteiger partial charge in [-0.25, -0.2) is 9.59 Å². The minimum atomic E-state index is -1.11. The minimum Gasteiger partial charge on any atom is -0.507 e. The molecule has 2 rings (SSSR count). The van der Waals surface area contributed by atoms with Crippen LogP contribution in [0.1, 0.15) is 71.4 Å². The number of unbranched alkanes of at least 4 members (excludes halogenated alkanes) is 2. The van der Waals surface area contributed by atoms with Crippen LogP contribution in [0.2, 0.25) is 0 Å². The Morgan fingerprint density at radius 1 is 0.839 bits per heavy atom. The number of hydrogen-bond donors (Lipinski definition) is 2. The molecule has 0 heterocycles. The SMILES string of the molecule is CCCCCc1cc(OC)cc(O)c1C(=O)Oc1cc(CCC)c(C(=O)O)c(OC)c1. The average Bonchev–Trinajstić information content (AvgIpc) is 2.72. The average molecular weight is 430 g/mol. The van der Waals surface area contributed by atoms with E-state index in [0.717, 1.165) is 19.3 Å². The summed E-state index contributed by atoms with van der Waals surface area (Å²) in [6, 6.07) is 6.00. The second kappa shape index (κ2) is 11.2. The highest BCUT2D eigenvalue weighted by atomic mass is 16.5. The van der Waals surface area contributed by atoms with Gasteiger partial charge in [0.2, 0.25) is 0 Å². The molecule has 0 bridgehead atoms. The molecule has 168 valence electrons. The maximum Gasteiger partial charge on any atom is 0.347 e. The zero-order chi connectivity index (χ0) is 23.0. The summed E-state index contributed by atoms with van der Waals surface area (Å²) in [7, 11) is 2.86. The summed E-state index contributed by atoms with van der Waals surface area (Å²) in [5.74, 6) is -1.33. The largest absolute Gasteiger partial charge is 0.507 e. The summed E-state index contributed by atoms with van der Waals surface area (Å²) in [4.78, 5) is 24.7. The monoisotopic (exact) mass is 430 g/mol. The lowest BCUT2D eigenvalue weighted by Crippen LogP contribution is -2.13. The van der Waals surface area contributed by atoms with Crippen LogP contribution >= 0.6 is 0 Å². The molecule has 0 fully saturated rings. The Morgan fingerprint density at radius 2 is 1.52 bits per heavy atom. The molecule has 0 aliphatic rings. The Balaban J connectivity index is 2.44. The molecule has 0 saturated carbocycles. The van der Waals surface area contributed by atoms with E-state index in [4.69, 9.17) is 14.2 Å². The van der Waals surface area contributed by atoms with E-state index in [1.54, 1.807) is 6.07 Å². The van der Waals surface area contributed by atoms with Crippen molar-refractivity contribution in [1.29, 1.82) is 0 Å². The predicted octanol–water partition coefficient (Wildman–Crippen LogP) is 5.01. The third kappa shape index (κ3) is 5.90. The minimum absolute atomic E-state index is 0.0525. The molecule has 7 nitrogen and oxygen atoms in total. The summed E-state index contributed by atoms with van der Waals surface area (Å²) in [5.41, 5.74) is 1.28. The molecule has 0 unspecified atom stereocenters. The maximum atomic E-state index is 13.0. The standard InChI is InChI=1S/C24H30O7/c1-5-7-8-10-16-11-17(29-3)13-19(25)21(16)24(28)31-18-12-15(9-6-2)22(23(26)27)20(14-18)30-4/h11-14,25H,5-10H2,1-4H3,(H,26,27). The molecule has 2 aromatic rings. The molecule has 2 aromatic carbocycles. The Bertz CT molecular complexity index is 934. The Hall–Kier alpha value is -3.22. The smallest absolute Gasteiger partial charge is 0.347 e. The molecular weight excluding hydrogens is 400 g/mol. The molecule has 31 heavy (non-hydrogen) atoms. The quantitative estimate of drug-likeness (QED) is 0.293. The highest BCUT2D eigenvalue weighted by Gasteiger charge is 2.23. The lowest BCUT2D eigenvalue weighted by atomic mass is 9.99. The Kier molecular flexibility index (Phi) is 8.73. The van der Waals surface area contributed by atoms with Crippen LogP contribution in [0.5, 0.6) is 23.0 Å². The fourth-order valence-corrected chi connectivity index (χ4v) is 3.51. The second-order valence-electron chi connectivity index (χ2n) is 7.24. The number of carbonyl (C=O) groups is 2. The third-order valence-corrected chi connectivity index (χ3v) is 4.98. The van der Waals surface area contributed by atoms with E-state index < -0.39 is 11.9 Å². The van der Waals surface area contributed by atoms with E-state index in [1.165, 1.54) is 32.4 Å². The second-order valence-corrected chi connectivity index (χ2v) is 7.24. The molecule has 0 aliphatic heterocycles. The van der Waals surface area contributed by atoms with Crippen LogP contribution < -0.4 is 14.2 Å². The van der Waals surface area contributed by atoms with Crippen LogP contribution in [0.4, 0.5) is 0 Å². The number of rotatable bonds is 11. The number of carboxylic acid groups (broad SMARTS) is 1. The van der Waals surface area contributed by atoms with Crippen molar-refractivity contribution < 1.29 is 34.0 Å². The number of aromatic carboxylic acids is 1. The van der Waals surface area contributed by atoms with Crippen molar-refractivity contribution in [2.45, 2.75) is 52.4 Å². The van der Waals surface area contributed by atoms with Crippen LogP contribution in [0.3, 0.4) is 0 Å². The number of methoxy groups -OCH3 is 2. The van der Waals surface area contributed by atoms with Gasteiger partial charge in [0, 0.05) is 12.1 Å². The van der Waals surface area contributed by atoms with E-state index in [9.17, 15) is 19.8 Å². The number of ether oxygens (including phenoxy) is 3. The number of benzene rings is 2. The van der Waals surface area contributed by atoms with Crippen molar-refractivity contribution in [2.75, 3.05) is 14.2 Å². The zero-order valence-corrected chi connectivity index (χ0v) is 18.5. The van der Waals surface area contributed by atoms with Crippen LogP contribution in [-0.2, 0) is 12.8 Å². The van der Waals surface area contributed by atoms with Gasteiger partial charge >= 0.3 is 11.9 Å². The van der Waals surface area contributed by atoms with Crippen molar-refractivity contribution >= 4 is 11.9 Å². The number of aryl methyl sites for hydroxylation is 2. The van der Waals surface area contributed by atoms with E-state index in [2.05, 4.69) is 6.92 Å². The first-order chi connectivity index (χ1) is 14.9. The lowest BCUT2D eigenvalue weighted by Gasteiger charge is -2.15. The first-order valence-electron chi connectivity index (χ1n) is 10.4. The lowest BCUT2D eigenvalue weighted by molar-refractivity contribution is 0.0691. The van der Waals surface area contributed by atoms with Crippen molar-refractivity contribution in [1.82, 2.24) is 0 Å². The van der Waals surface area contributed by atoms with Gasteiger partial charge in [-0.2, -0.15) is 0 Å². The summed E-state index contributed by atoms with van der Waals surface area (Å²) in [6.07, 6.45) is 4.64. The van der Waals surface area contributed by atoms with Crippen LogP contribution in [-0.4, -0.2) is 36.4 Å². The maximum absolute atomic E-state index is 13.0. The van der Waals surface area contributed by atoms with Gasteiger partial charge in [-0.15, -0.1) is 0 Å². The summed E-state index contributed by atoms with van der Waals surface area (Å²) < 4.78 is 16.0. The summed E-state index contributed by atoms with van der Waals surface area (Å²) in [6.45, 7) is 4.01. The number of carboxylic acids is 1. The number of phenols is 1. The van der Waals surface area contributed by atoms with Gasteiger partial charge in [0.15, 0.2) is 0 Å². The highest BCUT2D eigenvalue weighted by molar-refractivity contribution is 5.97.